The van der Waals surface area contributed by atoms with Gasteiger partial charge in [0.2, 0.25) is 0 Å². The van der Waals surface area contributed by atoms with E-state index in [1.807, 2.05) is 0 Å². The lowest BCUT2D eigenvalue weighted by Crippen LogP contribution is -2.75. The number of hydrogen-bond donors (Lipinski definition) is 0. The monoisotopic (exact) mass is 260 g/mol. The smallest absolute Gasteiger partial charge is 0.143 e. The first-order valence-corrected chi connectivity index (χ1v) is 8.15. The van der Waals surface area contributed by atoms with E-state index >= 15 is 0 Å². The predicted molar refractivity (Wildman–Crippen MR) is 75.6 cm³/mol. The molecule has 2 aliphatic heterocycles. The zero-order valence-electron chi connectivity index (χ0n) is 12.3. The molecule has 2 nitrogen and oxygen atoms in total. The Morgan fingerprint density at radius 3 is 3.05 bits per heavy atom. The lowest BCUT2D eigenvalue weighted by Gasteiger charge is -2.65. The molecule has 3 fully saturated rings. The molecule has 0 aromatic rings. The SMILES string of the molecule is C[C@@H]1C[C@@H]2CC(=O)[C@H]3CCC[N@+]4(C)CCC=C2[C@]34C1. The highest BCUT2D eigenvalue weighted by Gasteiger charge is 2.66. The molecular weight excluding hydrogens is 234 g/mol. The summed E-state index contributed by atoms with van der Waals surface area (Å²) in [4.78, 5) is 12.7. The van der Waals surface area contributed by atoms with Crippen molar-refractivity contribution < 1.29 is 9.28 Å². The molecule has 104 valence electrons. The molecule has 5 atom stereocenters. The van der Waals surface area contributed by atoms with Crippen molar-refractivity contribution in [2.45, 2.75) is 51.0 Å². The lowest BCUT2D eigenvalue weighted by atomic mass is 9.51. The molecule has 0 aromatic heterocycles. The van der Waals surface area contributed by atoms with Crippen LogP contribution in [0.5, 0.6) is 0 Å². The zero-order valence-corrected chi connectivity index (χ0v) is 12.3. The first-order valence-electron chi connectivity index (χ1n) is 8.15. The average Bonchev–Trinajstić information content (AvgIpc) is 2.34. The van der Waals surface area contributed by atoms with Crippen LogP contribution in [0.3, 0.4) is 0 Å². The topological polar surface area (TPSA) is 17.1 Å². The molecule has 19 heavy (non-hydrogen) atoms. The molecule has 1 saturated heterocycles. The van der Waals surface area contributed by atoms with Crippen LogP contribution in [0.25, 0.3) is 0 Å². The number of rotatable bonds is 0. The Bertz CT molecular complexity index is 468. The van der Waals surface area contributed by atoms with Gasteiger partial charge in [-0.15, -0.1) is 0 Å². The fourth-order valence-electron chi connectivity index (χ4n) is 6.20. The van der Waals surface area contributed by atoms with Crippen LogP contribution in [0, 0.1) is 17.8 Å². The summed E-state index contributed by atoms with van der Waals surface area (Å²) in [6.07, 6.45) is 9.56. The van der Waals surface area contributed by atoms with E-state index < -0.39 is 0 Å². The van der Waals surface area contributed by atoms with Crippen LogP contribution in [0.2, 0.25) is 0 Å². The Labute approximate surface area is 116 Å². The standard InChI is InChI=1S/C17H26NO/c1-12-9-13-10-16(19)15-6-4-8-18(2)7-3-5-14(13)17(15,18)11-12/h5,12-13,15H,3-4,6-11H2,1-2H3/q+1/t12-,13-,15-,17-,18+/m1/s1. The summed E-state index contributed by atoms with van der Waals surface area (Å²) < 4.78 is 1.18. The summed E-state index contributed by atoms with van der Waals surface area (Å²) in [5.41, 5.74) is 1.93. The highest BCUT2D eigenvalue weighted by atomic mass is 16.1. The van der Waals surface area contributed by atoms with Crippen LogP contribution in [0.15, 0.2) is 11.6 Å². The second kappa shape index (κ2) is 3.72. The van der Waals surface area contributed by atoms with Crippen molar-refractivity contribution in [3.05, 3.63) is 11.6 Å². The van der Waals surface area contributed by atoms with E-state index in [2.05, 4.69) is 20.0 Å². The van der Waals surface area contributed by atoms with Crippen LogP contribution in [0.1, 0.15) is 45.4 Å². The molecular formula is C17H26NO+. The van der Waals surface area contributed by atoms with Crippen LogP contribution in [-0.4, -0.2) is 35.9 Å². The van der Waals surface area contributed by atoms with Crippen LogP contribution in [-0.2, 0) is 4.79 Å². The van der Waals surface area contributed by atoms with E-state index in [0.29, 0.717) is 17.6 Å². The van der Waals surface area contributed by atoms with Crippen molar-refractivity contribution in [1.29, 1.82) is 0 Å². The fourth-order valence-corrected chi connectivity index (χ4v) is 6.20. The van der Waals surface area contributed by atoms with E-state index in [0.717, 1.165) is 18.8 Å². The lowest BCUT2D eigenvalue weighted by molar-refractivity contribution is -0.965. The third-order valence-electron chi connectivity index (χ3n) is 6.79. The molecule has 0 unspecified atom stereocenters. The molecule has 2 heterocycles. The Morgan fingerprint density at radius 1 is 1.37 bits per heavy atom. The first-order chi connectivity index (χ1) is 9.07. The zero-order chi connectivity index (χ0) is 13.3. The molecule has 2 saturated carbocycles. The maximum atomic E-state index is 12.7. The Kier molecular flexibility index (Phi) is 2.38. The van der Waals surface area contributed by atoms with Gasteiger partial charge in [0.15, 0.2) is 0 Å². The maximum Gasteiger partial charge on any atom is 0.143 e. The number of piperidine rings is 1. The van der Waals surface area contributed by atoms with E-state index in [4.69, 9.17) is 0 Å². The van der Waals surface area contributed by atoms with Gasteiger partial charge in [-0.1, -0.05) is 13.0 Å². The summed E-state index contributed by atoms with van der Waals surface area (Å²) in [6, 6.07) is 0. The number of nitrogens with zero attached hydrogens (tertiary/aromatic N) is 1. The summed E-state index contributed by atoms with van der Waals surface area (Å²) in [5.74, 6) is 2.33. The van der Waals surface area contributed by atoms with E-state index in [1.165, 1.54) is 43.3 Å². The van der Waals surface area contributed by atoms with E-state index in [9.17, 15) is 4.79 Å². The fraction of sp³-hybridized carbons (Fsp3) is 0.824. The number of carbonyl (C=O) groups is 1. The molecule has 2 aliphatic carbocycles. The molecule has 0 N–H and O–H groups in total. The number of quaternary nitrogens is 1. The Balaban J connectivity index is 1.93. The van der Waals surface area contributed by atoms with Crippen molar-refractivity contribution in [1.82, 2.24) is 0 Å². The van der Waals surface area contributed by atoms with Gasteiger partial charge in [0.25, 0.3) is 0 Å². The molecule has 2 bridgehead atoms. The average molecular weight is 260 g/mol. The summed E-state index contributed by atoms with van der Waals surface area (Å²) in [6.45, 7) is 4.96. The summed E-state index contributed by atoms with van der Waals surface area (Å²) >= 11 is 0. The molecule has 0 radical (unpaired) electrons. The van der Waals surface area contributed by atoms with Crippen LogP contribution < -0.4 is 0 Å². The van der Waals surface area contributed by atoms with E-state index in [1.54, 1.807) is 5.57 Å². The van der Waals surface area contributed by atoms with Crippen molar-refractivity contribution in [2.75, 3.05) is 20.1 Å². The van der Waals surface area contributed by atoms with Gasteiger partial charge >= 0.3 is 0 Å². The molecule has 0 aromatic carbocycles. The van der Waals surface area contributed by atoms with Crippen molar-refractivity contribution in [3.8, 4) is 0 Å². The number of ketones is 1. The van der Waals surface area contributed by atoms with Crippen LogP contribution in [0.4, 0.5) is 0 Å². The first kappa shape index (κ1) is 12.1. The minimum atomic E-state index is 0.216. The molecule has 0 amide bonds. The van der Waals surface area contributed by atoms with Gasteiger partial charge in [0.05, 0.1) is 26.1 Å². The minimum absolute atomic E-state index is 0.216. The van der Waals surface area contributed by atoms with E-state index in [-0.39, 0.29) is 5.54 Å². The van der Waals surface area contributed by atoms with Crippen molar-refractivity contribution in [3.63, 3.8) is 0 Å². The largest absolute Gasteiger partial charge is 0.317 e. The van der Waals surface area contributed by atoms with Crippen molar-refractivity contribution in [2.24, 2.45) is 17.8 Å². The van der Waals surface area contributed by atoms with Gasteiger partial charge < -0.3 is 4.48 Å². The maximum absolute atomic E-state index is 12.7. The number of likely N-dealkylation sites (N-methyl/N-ethyl adjacent to an activating group) is 1. The molecule has 4 aliphatic rings. The highest BCUT2D eigenvalue weighted by Crippen LogP contribution is 2.59. The molecule has 4 rings (SSSR count). The quantitative estimate of drug-likeness (QED) is 0.483. The van der Waals surface area contributed by atoms with Gasteiger partial charge in [0, 0.05) is 19.3 Å². The van der Waals surface area contributed by atoms with Gasteiger partial charge in [-0.25, -0.2) is 0 Å². The number of hydrogen-bond acceptors (Lipinski definition) is 1. The third kappa shape index (κ3) is 1.34. The van der Waals surface area contributed by atoms with Gasteiger partial charge in [0.1, 0.15) is 11.3 Å². The predicted octanol–water partition coefficient (Wildman–Crippen LogP) is 2.93. The van der Waals surface area contributed by atoms with Crippen molar-refractivity contribution >= 4 is 5.78 Å². The molecule has 2 heteroatoms. The minimum Gasteiger partial charge on any atom is -0.317 e. The number of carbonyl (C=O) groups excluding carboxylic acids is 1. The normalized spacial score (nSPS) is 52.4. The number of Topliss-reactive ketones (excluding diaryl/α,β-unsaturated/α-hetero) is 1. The van der Waals surface area contributed by atoms with Gasteiger partial charge in [-0.2, -0.15) is 0 Å². The Morgan fingerprint density at radius 2 is 2.21 bits per heavy atom. The van der Waals surface area contributed by atoms with Gasteiger partial charge in [-0.05, 0) is 36.7 Å². The second-order valence-electron chi connectivity index (χ2n) is 7.82. The molecule has 1 spiro atoms. The highest BCUT2D eigenvalue weighted by molar-refractivity contribution is 5.85. The summed E-state index contributed by atoms with van der Waals surface area (Å²) in [7, 11) is 2.45. The van der Waals surface area contributed by atoms with Crippen LogP contribution >= 0.6 is 0 Å². The Hall–Kier alpha value is -0.630. The summed E-state index contributed by atoms with van der Waals surface area (Å²) in [5, 5.41) is 0. The second-order valence-corrected chi connectivity index (χ2v) is 7.82. The third-order valence-corrected chi connectivity index (χ3v) is 6.79. The van der Waals surface area contributed by atoms with Gasteiger partial charge in [-0.3, -0.25) is 4.79 Å².